The lowest BCUT2D eigenvalue weighted by Gasteiger charge is -2.08. The van der Waals surface area contributed by atoms with E-state index >= 15 is 0 Å². The highest BCUT2D eigenvalue weighted by molar-refractivity contribution is 5.42. The first-order valence-corrected chi connectivity index (χ1v) is 7.01. The van der Waals surface area contributed by atoms with E-state index in [1.165, 1.54) is 0 Å². The van der Waals surface area contributed by atoms with Crippen molar-refractivity contribution in [3.8, 4) is 11.8 Å². The highest BCUT2D eigenvalue weighted by Crippen LogP contribution is 2.25. The summed E-state index contributed by atoms with van der Waals surface area (Å²) in [6.45, 7) is 1.95. The Morgan fingerprint density at radius 2 is 1.48 bits per heavy atom. The molecule has 2 aromatic carbocycles. The molecule has 0 saturated carbocycles. The minimum Gasteiger partial charge on any atom is -0.465 e. The molecular weight excluding hydrogens is 256 g/mol. The number of hydrogen-bond acceptors (Lipinski definition) is 1. The zero-order valence-corrected chi connectivity index (χ0v) is 11.9. The molecule has 1 nitrogen and oxygen atoms in total. The molecule has 1 atom stereocenters. The van der Waals surface area contributed by atoms with Gasteiger partial charge in [-0.2, -0.15) is 0 Å². The molecule has 0 saturated heterocycles. The lowest BCUT2D eigenvalue weighted by Crippen LogP contribution is -1.96. The predicted octanol–water partition coefficient (Wildman–Crippen LogP) is 4.77. The summed E-state index contributed by atoms with van der Waals surface area (Å²) in [4.78, 5) is 0. The monoisotopic (exact) mass is 272 g/mol. The summed E-state index contributed by atoms with van der Waals surface area (Å²) < 4.78 is 5.79. The first-order valence-electron chi connectivity index (χ1n) is 7.01. The molecule has 0 aliphatic carbocycles. The van der Waals surface area contributed by atoms with Gasteiger partial charge in [-0.25, -0.2) is 0 Å². The van der Waals surface area contributed by atoms with Crippen molar-refractivity contribution in [1.82, 2.24) is 0 Å². The van der Waals surface area contributed by atoms with Crippen LogP contribution in [0, 0.1) is 18.8 Å². The Kier molecular flexibility index (Phi) is 3.89. The molecule has 21 heavy (non-hydrogen) atoms. The minimum atomic E-state index is -0.0416. The minimum absolute atomic E-state index is 0.0416. The zero-order chi connectivity index (χ0) is 14.5. The van der Waals surface area contributed by atoms with Gasteiger partial charge in [-0.1, -0.05) is 60.4 Å². The van der Waals surface area contributed by atoms with E-state index in [-0.39, 0.29) is 5.92 Å². The van der Waals surface area contributed by atoms with Crippen LogP contribution in [-0.4, -0.2) is 0 Å². The highest BCUT2D eigenvalue weighted by atomic mass is 16.3. The quantitative estimate of drug-likeness (QED) is 0.612. The van der Waals surface area contributed by atoms with Crippen molar-refractivity contribution < 1.29 is 4.42 Å². The normalized spacial score (nSPS) is 11.5. The smallest absolute Gasteiger partial charge is 0.123 e. The van der Waals surface area contributed by atoms with Crippen LogP contribution in [0.15, 0.2) is 77.2 Å². The zero-order valence-electron chi connectivity index (χ0n) is 11.9. The Morgan fingerprint density at radius 1 is 0.810 bits per heavy atom. The molecule has 102 valence electrons. The molecule has 0 spiro atoms. The second-order valence-electron chi connectivity index (χ2n) is 4.93. The molecule has 0 aliphatic heterocycles. The second-order valence-corrected chi connectivity index (χ2v) is 4.93. The van der Waals surface area contributed by atoms with Crippen molar-refractivity contribution in [1.29, 1.82) is 0 Å². The van der Waals surface area contributed by atoms with Crippen molar-refractivity contribution in [3.63, 3.8) is 0 Å². The van der Waals surface area contributed by atoms with Gasteiger partial charge in [0.05, 0.1) is 0 Å². The lowest BCUT2D eigenvalue weighted by molar-refractivity contribution is 0.483. The average molecular weight is 272 g/mol. The molecule has 0 amide bonds. The third-order valence-electron chi connectivity index (χ3n) is 3.31. The van der Waals surface area contributed by atoms with Crippen LogP contribution in [0.2, 0.25) is 0 Å². The summed E-state index contributed by atoms with van der Waals surface area (Å²) >= 11 is 0. The SMILES string of the molecule is Cc1ccc([C@H](C#Cc2ccccc2)c2ccccc2)o1. The molecule has 3 aromatic rings. The van der Waals surface area contributed by atoms with Crippen molar-refractivity contribution in [2.75, 3.05) is 0 Å². The van der Waals surface area contributed by atoms with Crippen LogP contribution in [0.5, 0.6) is 0 Å². The summed E-state index contributed by atoms with van der Waals surface area (Å²) in [6, 6.07) is 24.3. The third kappa shape index (κ3) is 3.24. The van der Waals surface area contributed by atoms with E-state index < -0.39 is 0 Å². The maximum Gasteiger partial charge on any atom is 0.123 e. The molecule has 0 unspecified atom stereocenters. The van der Waals surface area contributed by atoms with Crippen molar-refractivity contribution in [2.24, 2.45) is 0 Å². The van der Waals surface area contributed by atoms with Gasteiger partial charge in [0.25, 0.3) is 0 Å². The largest absolute Gasteiger partial charge is 0.465 e. The summed E-state index contributed by atoms with van der Waals surface area (Å²) in [5.74, 6) is 8.34. The summed E-state index contributed by atoms with van der Waals surface area (Å²) in [6.07, 6.45) is 0. The maximum atomic E-state index is 5.79. The topological polar surface area (TPSA) is 13.1 Å². The standard InChI is InChI=1S/C20H16O/c1-16-12-15-20(21-16)19(18-10-6-3-7-11-18)14-13-17-8-4-2-5-9-17/h2-12,15,19H,1H3/t19-/m1/s1. The Balaban J connectivity index is 2.00. The summed E-state index contributed by atoms with van der Waals surface area (Å²) in [5.41, 5.74) is 2.16. The van der Waals surface area contributed by atoms with E-state index in [4.69, 9.17) is 4.42 Å². The van der Waals surface area contributed by atoms with Gasteiger partial charge < -0.3 is 4.42 Å². The van der Waals surface area contributed by atoms with Crippen LogP contribution in [0.25, 0.3) is 0 Å². The van der Waals surface area contributed by atoms with E-state index in [1.54, 1.807) is 0 Å². The Morgan fingerprint density at radius 3 is 2.10 bits per heavy atom. The summed E-state index contributed by atoms with van der Waals surface area (Å²) in [7, 11) is 0. The second kappa shape index (κ2) is 6.15. The van der Waals surface area contributed by atoms with Gasteiger partial charge in [0, 0.05) is 5.56 Å². The van der Waals surface area contributed by atoms with Crippen LogP contribution in [0.1, 0.15) is 28.6 Å². The van der Waals surface area contributed by atoms with Crippen molar-refractivity contribution in [2.45, 2.75) is 12.8 Å². The van der Waals surface area contributed by atoms with E-state index in [0.717, 1.165) is 22.6 Å². The Hall–Kier alpha value is -2.72. The fourth-order valence-corrected chi connectivity index (χ4v) is 2.25. The number of benzene rings is 2. The lowest BCUT2D eigenvalue weighted by atomic mass is 9.97. The fourth-order valence-electron chi connectivity index (χ4n) is 2.25. The molecule has 0 fully saturated rings. The van der Waals surface area contributed by atoms with Gasteiger partial charge in [-0.3, -0.25) is 0 Å². The van der Waals surface area contributed by atoms with Gasteiger partial charge in [-0.15, -0.1) is 0 Å². The van der Waals surface area contributed by atoms with Crippen molar-refractivity contribution >= 4 is 0 Å². The molecule has 3 rings (SSSR count). The van der Waals surface area contributed by atoms with Crippen LogP contribution in [0.4, 0.5) is 0 Å². The number of aryl methyl sites for hydroxylation is 1. The van der Waals surface area contributed by atoms with Gasteiger partial charge in [0.15, 0.2) is 0 Å². The number of furan rings is 1. The highest BCUT2D eigenvalue weighted by Gasteiger charge is 2.14. The molecule has 0 bridgehead atoms. The Bertz CT molecular complexity index is 758. The molecule has 0 radical (unpaired) electrons. The van der Waals surface area contributed by atoms with Gasteiger partial charge in [0.2, 0.25) is 0 Å². The molecule has 1 heterocycles. The van der Waals surface area contributed by atoms with E-state index in [1.807, 2.05) is 67.6 Å². The molecular formula is C20H16O. The Labute approximate surface area is 125 Å². The molecule has 0 N–H and O–H groups in total. The van der Waals surface area contributed by atoms with E-state index in [9.17, 15) is 0 Å². The first kappa shape index (κ1) is 13.3. The van der Waals surface area contributed by atoms with Crippen LogP contribution >= 0.6 is 0 Å². The third-order valence-corrected chi connectivity index (χ3v) is 3.31. The molecule has 0 aliphatic rings. The van der Waals surface area contributed by atoms with Crippen molar-refractivity contribution in [3.05, 3.63) is 95.4 Å². The van der Waals surface area contributed by atoms with E-state index in [2.05, 4.69) is 24.0 Å². The van der Waals surface area contributed by atoms with Crippen LogP contribution in [0.3, 0.4) is 0 Å². The average Bonchev–Trinajstić information content (AvgIpc) is 2.96. The van der Waals surface area contributed by atoms with E-state index in [0.29, 0.717) is 0 Å². The van der Waals surface area contributed by atoms with Crippen LogP contribution in [-0.2, 0) is 0 Å². The van der Waals surface area contributed by atoms with Gasteiger partial charge in [0.1, 0.15) is 17.4 Å². The summed E-state index contributed by atoms with van der Waals surface area (Å²) in [5, 5.41) is 0. The van der Waals surface area contributed by atoms with Gasteiger partial charge in [-0.05, 0) is 36.8 Å². The maximum absolute atomic E-state index is 5.79. The van der Waals surface area contributed by atoms with Gasteiger partial charge >= 0.3 is 0 Å². The molecule has 1 heteroatoms. The predicted molar refractivity (Wildman–Crippen MR) is 85.1 cm³/mol. The number of hydrogen-bond donors (Lipinski definition) is 0. The fraction of sp³-hybridized carbons (Fsp3) is 0.100. The molecule has 1 aromatic heterocycles. The van der Waals surface area contributed by atoms with Crippen LogP contribution < -0.4 is 0 Å². The first-order chi connectivity index (χ1) is 10.3. The number of rotatable bonds is 2.